The molecule has 1 amide bonds. The Morgan fingerprint density at radius 2 is 1.81 bits per heavy atom. The van der Waals surface area contributed by atoms with Gasteiger partial charge in [-0.2, -0.15) is 0 Å². The lowest BCUT2D eigenvalue weighted by atomic mass is 10.1. The smallest absolute Gasteiger partial charge is 0.255 e. The summed E-state index contributed by atoms with van der Waals surface area (Å²) in [4.78, 5) is 24.8. The molecule has 4 rings (SSSR count). The number of fused-ring (bicyclic) bond motifs is 1. The van der Waals surface area contributed by atoms with Gasteiger partial charge in [0.05, 0.1) is 53.1 Å². The molecule has 0 saturated heterocycles. The molecule has 0 spiro atoms. The lowest BCUT2D eigenvalue weighted by molar-refractivity contribution is 0.0947. The summed E-state index contributed by atoms with van der Waals surface area (Å²) in [6, 6.07) is 12.1. The Labute approximate surface area is 193 Å². The first-order chi connectivity index (χ1) is 15.5. The van der Waals surface area contributed by atoms with Gasteiger partial charge in [0.1, 0.15) is 17.2 Å². The second kappa shape index (κ2) is 9.33. The molecule has 0 aliphatic heterocycles. The van der Waals surface area contributed by atoms with Gasteiger partial charge in [-0.15, -0.1) is 0 Å². The zero-order chi connectivity index (χ0) is 22.7. The maximum absolute atomic E-state index is 12.9. The molecule has 164 valence electrons. The Morgan fingerprint density at radius 3 is 2.53 bits per heavy atom. The number of aromatic nitrogens is 3. The van der Waals surface area contributed by atoms with Crippen LogP contribution >= 0.6 is 23.2 Å². The van der Waals surface area contributed by atoms with E-state index in [1.54, 1.807) is 55.8 Å². The number of rotatable bonds is 7. The predicted molar refractivity (Wildman–Crippen MR) is 124 cm³/mol. The predicted octanol–water partition coefficient (Wildman–Crippen LogP) is 4.96. The van der Waals surface area contributed by atoms with Gasteiger partial charge in [0, 0.05) is 12.3 Å². The van der Waals surface area contributed by atoms with Gasteiger partial charge >= 0.3 is 0 Å². The number of hydrogen-bond acceptors (Lipinski definition) is 6. The minimum absolute atomic E-state index is 0.197. The van der Waals surface area contributed by atoms with Gasteiger partial charge in [-0.05, 0) is 30.3 Å². The first-order valence-electron chi connectivity index (χ1n) is 9.55. The van der Waals surface area contributed by atoms with Crippen LogP contribution in [0.5, 0.6) is 11.5 Å². The van der Waals surface area contributed by atoms with Crippen molar-refractivity contribution >= 4 is 51.8 Å². The number of pyridine rings is 1. The van der Waals surface area contributed by atoms with E-state index >= 15 is 0 Å². The number of carbonyl (C=O) groups is 1. The van der Waals surface area contributed by atoms with Crippen LogP contribution in [0, 0.1) is 0 Å². The maximum atomic E-state index is 12.9. The minimum Gasteiger partial charge on any atom is -0.496 e. The van der Waals surface area contributed by atoms with Crippen LogP contribution in [0.2, 0.25) is 10.0 Å². The number of carbonyl (C=O) groups excluding carboxylic acids is 1. The quantitative estimate of drug-likeness (QED) is 0.352. The van der Waals surface area contributed by atoms with Crippen LogP contribution in [-0.2, 0) is 6.54 Å². The van der Waals surface area contributed by atoms with Crippen molar-refractivity contribution in [1.29, 1.82) is 0 Å². The second-order valence-electron chi connectivity index (χ2n) is 6.71. The molecule has 0 radical (unpaired) electrons. The normalized spacial score (nSPS) is 10.8. The van der Waals surface area contributed by atoms with Crippen LogP contribution in [0.15, 0.2) is 48.7 Å². The highest BCUT2D eigenvalue weighted by atomic mass is 35.5. The van der Waals surface area contributed by atoms with Crippen molar-refractivity contribution in [1.82, 2.24) is 20.3 Å². The Morgan fingerprint density at radius 1 is 1.06 bits per heavy atom. The lowest BCUT2D eigenvalue weighted by Gasteiger charge is -2.11. The van der Waals surface area contributed by atoms with Crippen molar-refractivity contribution in [3.05, 3.63) is 70.0 Å². The number of nitrogens with one attached hydrogen (secondary N) is 3. The van der Waals surface area contributed by atoms with Crippen LogP contribution in [0.3, 0.4) is 0 Å². The van der Waals surface area contributed by atoms with Gasteiger partial charge in [0.25, 0.3) is 5.91 Å². The molecule has 10 heteroatoms. The van der Waals surface area contributed by atoms with E-state index in [-0.39, 0.29) is 12.5 Å². The van der Waals surface area contributed by atoms with E-state index < -0.39 is 0 Å². The highest BCUT2D eigenvalue weighted by Crippen LogP contribution is 2.33. The van der Waals surface area contributed by atoms with E-state index in [0.717, 1.165) is 0 Å². The molecule has 4 aromatic rings. The number of halogens is 2. The van der Waals surface area contributed by atoms with Gasteiger partial charge in [-0.1, -0.05) is 29.3 Å². The van der Waals surface area contributed by atoms with Crippen molar-refractivity contribution < 1.29 is 14.3 Å². The number of aromatic amines is 1. The zero-order valence-corrected chi connectivity index (χ0v) is 18.7. The molecule has 0 atom stereocenters. The third-order valence-corrected chi connectivity index (χ3v) is 5.37. The van der Waals surface area contributed by atoms with Crippen molar-refractivity contribution in [2.45, 2.75) is 6.54 Å². The van der Waals surface area contributed by atoms with Gasteiger partial charge < -0.3 is 25.1 Å². The topological polar surface area (TPSA) is 101 Å². The molecule has 0 aliphatic carbocycles. The standard InChI is InChI=1S/C22H19Cl2N5O3/c1-31-18-7-4-8-25-17(18)11-26-21(30)12-9-15-16(10-19(12)32-2)28-22(27-15)29-20-13(23)5-3-6-14(20)24/h3-10H,11H2,1-2H3,(H,26,30)(H2,27,28,29). The van der Waals surface area contributed by atoms with Crippen LogP contribution in [0.25, 0.3) is 11.0 Å². The fourth-order valence-corrected chi connectivity index (χ4v) is 3.67. The Hall–Kier alpha value is -3.49. The molecule has 2 heterocycles. The molecule has 0 unspecified atom stereocenters. The molecule has 0 saturated carbocycles. The molecule has 2 aromatic carbocycles. The summed E-state index contributed by atoms with van der Waals surface area (Å²) in [7, 11) is 3.05. The number of amides is 1. The number of ether oxygens (including phenoxy) is 2. The summed E-state index contributed by atoms with van der Waals surface area (Å²) >= 11 is 12.4. The Kier molecular flexibility index (Phi) is 6.34. The third-order valence-electron chi connectivity index (χ3n) is 4.74. The number of hydrogen-bond donors (Lipinski definition) is 3. The summed E-state index contributed by atoms with van der Waals surface area (Å²) in [5.41, 5.74) is 2.73. The average molecular weight is 472 g/mol. The monoisotopic (exact) mass is 471 g/mol. The first kappa shape index (κ1) is 21.7. The van der Waals surface area contributed by atoms with Crippen molar-refractivity contribution in [2.75, 3.05) is 19.5 Å². The lowest BCUT2D eigenvalue weighted by Crippen LogP contribution is -2.24. The summed E-state index contributed by atoms with van der Waals surface area (Å²) in [5, 5.41) is 6.84. The number of anilines is 2. The molecular weight excluding hydrogens is 453 g/mol. The van der Waals surface area contributed by atoms with Crippen LogP contribution in [-0.4, -0.2) is 35.1 Å². The highest BCUT2D eigenvalue weighted by Gasteiger charge is 2.17. The number of nitrogens with zero attached hydrogens (tertiary/aromatic N) is 2. The summed E-state index contributed by atoms with van der Waals surface area (Å²) < 4.78 is 10.7. The van der Waals surface area contributed by atoms with Crippen molar-refractivity contribution in [2.24, 2.45) is 0 Å². The number of para-hydroxylation sites is 1. The van der Waals surface area contributed by atoms with Gasteiger partial charge in [-0.3, -0.25) is 9.78 Å². The van der Waals surface area contributed by atoms with E-state index in [4.69, 9.17) is 32.7 Å². The van der Waals surface area contributed by atoms with Gasteiger partial charge in [-0.25, -0.2) is 4.98 Å². The van der Waals surface area contributed by atoms with Crippen molar-refractivity contribution in [3.8, 4) is 11.5 Å². The highest BCUT2D eigenvalue weighted by molar-refractivity contribution is 6.39. The number of imidazole rings is 1. The van der Waals surface area contributed by atoms with Crippen molar-refractivity contribution in [3.63, 3.8) is 0 Å². The van der Waals surface area contributed by atoms with E-state index in [0.29, 0.717) is 55.5 Å². The second-order valence-corrected chi connectivity index (χ2v) is 7.53. The largest absolute Gasteiger partial charge is 0.496 e. The number of benzene rings is 2. The summed E-state index contributed by atoms with van der Waals surface area (Å²) in [6.45, 7) is 0.197. The Balaban J connectivity index is 1.60. The minimum atomic E-state index is -0.330. The molecular formula is C22H19Cl2N5O3. The van der Waals surface area contributed by atoms with E-state index in [9.17, 15) is 4.79 Å². The van der Waals surface area contributed by atoms with E-state index in [2.05, 4.69) is 25.6 Å². The fourth-order valence-electron chi connectivity index (χ4n) is 3.18. The van der Waals surface area contributed by atoms with Gasteiger partial charge in [0.15, 0.2) is 0 Å². The molecule has 0 aliphatic rings. The average Bonchev–Trinajstić information content (AvgIpc) is 3.20. The molecule has 3 N–H and O–H groups in total. The number of H-pyrrole nitrogens is 1. The van der Waals surface area contributed by atoms with E-state index in [1.807, 2.05) is 0 Å². The molecule has 0 fully saturated rings. The Bertz CT molecular complexity index is 1270. The molecule has 0 bridgehead atoms. The summed E-state index contributed by atoms with van der Waals surface area (Å²) in [6.07, 6.45) is 1.64. The first-order valence-corrected chi connectivity index (χ1v) is 10.3. The SMILES string of the molecule is COc1cc2[nH]c(Nc3c(Cl)cccc3Cl)nc2cc1C(=O)NCc1ncccc1OC. The zero-order valence-electron chi connectivity index (χ0n) is 17.2. The number of methoxy groups -OCH3 is 2. The fraction of sp³-hybridized carbons (Fsp3) is 0.136. The van der Waals surface area contributed by atoms with E-state index in [1.165, 1.54) is 7.11 Å². The maximum Gasteiger partial charge on any atom is 0.255 e. The summed E-state index contributed by atoms with van der Waals surface area (Å²) in [5.74, 6) is 1.08. The molecule has 2 aromatic heterocycles. The van der Waals surface area contributed by atoms with Crippen LogP contribution < -0.4 is 20.1 Å². The van der Waals surface area contributed by atoms with Gasteiger partial charge in [0.2, 0.25) is 5.95 Å². The van der Waals surface area contributed by atoms with Crippen LogP contribution in [0.1, 0.15) is 16.1 Å². The molecule has 32 heavy (non-hydrogen) atoms. The van der Waals surface area contributed by atoms with Crippen LogP contribution in [0.4, 0.5) is 11.6 Å². The third kappa shape index (κ3) is 4.42. The molecule has 8 nitrogen and oxygen atoms in total.